The monoisotopic (exact) mass is 325 g/mol. The molecule has 0 fully saturated rings. The van der Waals surface area contributed by atoms with Crippen LogP contribution in [0.4, 0.5) is 4.79 Å². The van der Waals surface area contributed by atoms with Gasteiger partial charge < -0.3 is 19.7 Å². The maximum absolute atomic E-state index is 11.8. The van der Waals surface area contributed by atoms with Gasteiger partial charge in [-0.3, -0.25) is 0 Å². The lowest BCUT2D eigenvalue weighted by Gasteiger charge is -2.21. The highest BCUT2D eigenvalue weighted by molar-refractivity contribution is 5.80. The van der Waals surface area contributed by atoms with E-state index in [0.29, 0.717) is 5.69 Å². The van der Waals surface area contributed by atoms with Crippen LogP contribution < -0.4 is 5.32 Å². The van der Waals surface area contributed by atoms with Crippen molar-refractivity contribution in [2.45, 2.75) is 72.1 Å². The third kappa shape index (κ3) is 6.30. The van der Waals surface area contributed by atoms with Crippen molar-refractivity contribution in [3.05, 3.63) is 17.7 Å². The van der Waals surface area contributed by atoms with Gasteiger partial charge in [-0.05, 0) is 34.1 Å². The summed E-state index contributed by atoms with van der Waals surface area (Å²) in [5, 5.41) is 11.7. The van der Waals surface area contributed by atoms with E-state index < -0.39 is 23.7 Å². The molecule has 23 heavy (non-hydrogen) atoms. The quantitative estimate of drug-likeness (QED) is 0.803. The Kier molecular flexibility index (Phi) is 6.60. The molecule has 0 aliphatic heterocycles. The molecule has 0 bridgehead atoms. The summed E-state index contributed by atoms with van der Waals surface area (Å²) in [6.45, 7) is 10.0. The van der Waals surface area contributed by atoms with Crippen molar-refractivity contribution in [2.24, 2.45) is 0 Å². The third-order valence-electron chi connectivity index (χ3n) is 3.13. The van der Waals surface area contributed by atoms with Crippen LogP contribution in [0.3, 0.4) is 0 Å². The summed E-state index contributed by atoms with van der Waals surface area (Å²) in [5.41, 5.74) is -0.0237. The molecule has 1 amide bonds. The van der Waals surface area contributed by atoms with E-state index in [2.05, 4.69) is 17.2 Å². The van der Waals surface area contributed by atoms with Crippen molar-refractivity contribution in [2.75, 3.05) is 0 Å². The number of carbonyl (C=O) groups excluding carboxylic acids is 1. The van der Waals surface area contributed by atoms with Crippen LogP contribution in [0.5, 0.6) is 0 Å². The molecule has 0 unspecified atom stereocenters. The van der Waals surface area contributed by atoms with Gasteiger partial charge in [-0.2, -0.15) is 0 Å². The second-order valence-electron chi connectivity index (χ2n) is 6.43. The number of hydrogen-bond acceptors (Lipinski definition) is 4. The van der Waals surface area contributed by atoms with Gasteiger partial charge in [0, 0.05) is 25.6 Å². The molecule has 0 aromatic carbocycles. The molecule has 0 spiro atoms. The number of aliphatic carboxylic acids is 1. The van der Waals surface area contributed by atoms with E-state index in [9.17, 15) is 14.7 Å². The number of aryl methyl sites for hydroxylation is 2. The molecule has 0 radical (unpaired) electrons. The molecule has 2 N–H and O–H groups in total. The molecule has 1 rings (SSSR count). The number of amides is 1. The standard InChI is InChI=1S/C16H27N3O4/c1-6-8-13-17-11(10-19(13)7-2)9-12(14(20)21)18-15(22)23-16(3,4)5/h10,12H,6-9H2,1-5H3,(H,18,22)(H,20,21)/t12-/m0/s1. The van der Waals surface area contributed by atoms with Crippen molar-refractivity contribution in [1.29, 1.82) is 0 Å². The van der Waals surface area contributed by atoms with Crippen LogP contribution in [0.1, 0.15) is 52.6 Å². The van der Waals surface area contributed by atoms with Gasteiger partial charge >= 0.3 is 12.1 Å². The Morgan fingerprint density at radius 1 is 1.39 bits per heavy atom. The minimum Gasteiger partial charge on any atom is -0.480 e. The van der Waals surface area contributed by atoms with Gasteiger partial charge in [0.05, 0.1) is 5.69 Å². The Balaban J connectivity index is 2.80. The molecule has 130 valence electrons. The maximum Gasteiger partial charge on any atom is 0.408 e. The first-order chi connectivity index (χ1) is 10.7. The molecule has 0 aliphatic carbocycles. The lowest BCUT2D eigenvalue weighted by Crippen LogP contribution is -2.44. The first-order valence-corrected chi connectivity index (χ1v) is 7.93. The molecular formula is C16H27N3O4. The Morgan fingerprint density at radius 2 is 2.04 bits per heavy atom. The summed E-state index contributed by atoms with van der Waals surface area (Å²) in [5.74, 6) is -0.176. The van der Waals surface area contributed by atoms with Gasteiger partial charge in [-0.1, -0.05) is 6.92 Å². The number of carboxylic acid groups (broad SMARTS) is 1. The number of nitrogens with zero attached hydrogens (tertiary/aromatic N) is 2. The molecule has 1 aromatic heterocycles. The molecule has 7 nitrogen and oxygen atoms in total. The van der Waals surface area contributed by atoms with Crippen molar-refractivity contribution in [3.63, 3.8) is 0 Å². The summed E-state index contributed by atoms with van der Waals surface area (Å²) in [7, 11) is 0. The van der Waals surface area contributed by atoms with Crippen LogP contribution >= 0.6 is 0 Å². The van der Waals surface area contributed by atoms with E-state index in [0.717, 1.165) is 25.2 Å². The fraction of sp³-hybridized carbons (Fsp3) is 0.688. The predicted molar refractivity (Wildman–Crippen MR) is 86.4 cm³/mol. The van der Waals surface area contributed by atoms with Crippen LogP contribution in [0, 0.1) is 0 Å². The van der Waals surface area contributed by atoms with Crippen LogP contribution in [-0.2, 0) is 28.9 Å². The first-order valence-electron chi connectivity index (χ1n) is 7.93. The molecule has 1 atom stereocenters. The number of rotatable bonds is 7. The number of alkyl carbamates (subject to hydrolysis) is 1. The minimum absolute atomic E-state index is 0.123. The van der Waals surface area contributed by atoms with E-state index in [4.69, 9.17) is 4.74 Å². The summed E-state index contributed by atoms with van der Waals surface area (Å²) in [4.78, 5) is 27.6. The van der Waals surface area contributed by atoms with E-state index in [1.807, 2.05) is 17.7 Å². The highest BCUT2D eigenvalue weighted by Gasteiger charge is 2.25. The fourth-order valence-electron chi connectivity index (χ4n) is 2.17. The van der Waals surface area contributed by atoms with Gasteiger partial charge in [-0.25, -0.2) is 14.6 Å². The Bertz CT molecular complexity index is 546. The number of hydrogen-bond donors (Lipinski definition) is 2. The number of aromatic nitrogens is 2. The third-order valence-corrected chi connectivity index (χ3v) is 3.13. The first kappa shape index (κ1) is 19.0. The second kappa shape index (κ2) is 7.99. The van der Waals surface area contributed by atoms with Crippen molar-refractivity contribution < 1.29 is 19.4 Å². The van der Waals surface area contributed by atoms with Gasteiger partial charge in [-0.15, -0.1) is 0 Å². The zero-order chi connectivity index (χ0) is 17.6. The Morgan fingerprint density at radius 3 is 2.52 bits per heavy atom. The number of imidazole rings is 1. The average Bonchev–Trinajstić information content (AvgIpc) is 2.78. The van der Waals surface area contributed by atoms with Gasteiger partial charge in [0.25, 0.3) is 0 Å². The lowest BCUT2D eigenvalue weighted by atomic mass is 10.1. The summed E-state index contributed by atoms with van der Waals surface area (Å²) in [6, 6.07) is -1.07. The highest BCUT2D eigenvalue weighted by Crippen LogP contribution is 2.10. The van der Waals surface area contributed by atoms with E-state index in [1.54, 1.807) is 20.8 Å². The van der Waals surface area contributed by atoms with Crippen LogP contribution in [0.25, 0.3) is 0 Å². The Labute approximate surface area is 137 Å². The normalized spacial score (nSPS) is 12.7. The van der Waals surface area contributed by atoms with Crippen molar-refractivity contribution in [3.8, 4) is 0 Å². The van der Waals surface area contributed by atoms with Gasteiger partial charge in [0.1, 0.15) is 17.5 Å². The molecule has 0 saturated heterocycles. The topological polar surface area (TPSA) is 93.4 Å². The van der Waals surface area contributed by atoms with Gasteiger partial charge in [0.2, 0.25) is 0 Å². The minimum atomic E-state index is -1.11. The van der Waals surface area contributed by atoms with Crippen LogP contribution in [0.2, 0.25) is 0 Å². The Hall–Kier alpha value is -2.05. The summed E-state index contributed by atoms with van der Waals surface area (Å²) >= 11 is 0. The smallest absolute Gasteiger partial charge is 0.408 e. The lowest BCUT2D eigenvalue weighted by molar-refractivity contribution is -0.139. The van der Waals surface area contributed by atoms with Crippen LogP contribution in [-0.4, -0.2) is 38.4 Å². The highest BCUT2D eigenvalue weighted by atomic mass is 16.6. The van der Waals surface area contributed by atoms with Crippen LogP contribution in [0.15, 0.2) is 6.20 Å². The van der Waals surface area contributed by atoms with Gasteiger partial charge in [0.15, 0.2) is 0 Å². The molecular weight excluding hydrogens is 298 g/mol. The summed E-state index contributed by atoms with van der Waals surface area (Å²) < 4.78 is 7.11. The van der Waals surface area contributed by atoms with E-state index in [1.165, 1.54) is 0 Å². The number of carbonyl (C=O) groups is 2. The zero-order valence-electron chi connectivity index (χ0n) is 14.5. The predicted octanol–water partition coefficient (Wildman–Crippen LogP) is 2.38. The zero-order valence-corrected chi connectivity index (χ0v) is 14.5. The molecule has 0 saturated carbocycles. The SMILES string of the molecule is CCCc1nc(C[C@H](NC(=O)OC(C)(C)C)C(=O)O)cn1CC. The second-order valence-corrected chi connectivity index (χ2v) is 6.43. The maximum atomic E-state index is 11.8. The fourth-order valence-corrected chi connectivity index (χ4v) is 2.17. The van der Waals surface area contributed by atoms with Crippen molar-refractivity contribution >= 4 is 12.1 Å². The molecule has 0 aliphatic rings. The van der Waals surface area contributed by atoms with Crippen molar-refractivity contribution in [1.82, 2.24) is 14.9 Å². The van der Waals surface area contributed by atoms with E-state index in [-0.39, 0.29) is 6.42 Å². The number of nitrogens with one attached hydrogen (secondary N) is 1. The molecule has 1 aromatic rings. The molecule has 1 heterocycles. The van der Waals surface area contributed by atoms with E-state index >= 15 is 0 Å². The largest absolute Gasteiger partial charge is 0.480 e. The molecule has 7 heteroatoms. The average molecular weight is 325 g/mol. The number of carboxylic acids is 1. The number of ether oxygens (including phenoxy) is 1. The summed E-state index contributed by atoms with van der Waals surface area (Å²) in [6.07, 6.45) is 3.03.